The number of nitrogens with one attached hydrogen (secondary N) is 3. The van der Waals surface area contributed by atoms with Crippen molar-refractivity contribution in [2.45, 2.75) is 46.5 Å². The average Bonchev–Trinajstić information content (AvgIpc) is 2.88. The van der Waals surface area contributed by atoms with Crippen LogP contribution in [0.4, 0.5) is 0 Å². The van der Waals surface area contributed by atoms with Crippen molar-refractivity contribution in [2.24, 2.45) is 10.8 Å². The highest BCUT2D eigenvalue weighted by Gasteiger charge is 2.10. The van der Waals surface area contributed by atoms with Gasteiger partial charge in [-0.05, 0) is 44.4 Å². The molecule has 6 heteroatoms. The summed E-state index contributed by atoms with van der Waals surface area (Å²) in [6, 6.07) is 17.2. The van der Waals surface area contributed by atoms with Crippen LogP contribution in [0.15, 0.2) is 65.8 Å². The van der Waals surface area contributed by atoms with Gasteiger partial charge in [0, 0.05) is 25.1 Å². The maximum Gasteiger partial charge on any atom is 0.202 e. The van der Waals surface area contributed by atoms with Crippen molar-refractivity contribution >= 4 is 23.4 Å². The van der Waals surface area contributed by atoms with Crippen LogP contribution >= 0.6 is 0 Å². The first kappa shape index (κ1) is 29.8. The second kappa shape index (κ2) is 19.4. The van der Waals surface area contributed by atoms with Crippen LogP contribution in [0.25, 0.3) is 6.08 Å². The summed E-state index contributed by atoms with van der Waals surface area (Å²) < 4.78 is 5.48. The smallest absolute Gasteiger partial charge is 0.202 e. The third-order valence-electron chi connectivity index (χ3n) is 4.39. The maximum atomic E-state index is 8.36. The molecule has 2 aromatic rings. The zero-order valence-electron chi connectivity index (χ0n) is 20.8. The summed E-state index contributed by atoms with van der Waals surface area (Å²) in [6.45, 7) is 6.53. The number of hydrazone groups is 1. The highest BCUT2D eigenvalue weighted by Crippen LogP contribution is 2.12. The van der Waals surface area contributed by atoms with Crippen molar-refractivity contribution in [1.29, 1.82) is 10.8 Å². The van der Waals surface area contributed by atoms with Crippen LogP contribution in [0.5, 0.6) is 0 Å². The van der Waals surface area contributed by atoms with E-state index in [-0.39, 0.29) is 11.4 Å². The SMILES string of the molecule is CC.CN.CN/N=C(/C)OCCCCC/C=C/c1cccc(C(=N)C(=N)c2ccccc2)c1. The number of nitrogens with two attached hydrogens (primary N) is 1. The van der Waals surface area contributed by atoms with E-state index in [1.54, 1.807) is 7.05 Å². The Morgan fingerprint density at radius 3 is 2.24 bits per heavy atom. The summed E-state index contributed by atoms with van der Waals surface area (Å²) in [5.41, 5.74) is 10.3. The van der Waals surface area contributed by atoms with E-state index >= 15 is 0 Å². The molecule has 0 aliphatic carbocycles. The van der Waals surface area contributed by atoms with E-state index in [1.807, 2.05) is 75.4 Å². The minimum Gasteiger partial charge on any atom is -0.480 e. The van der Waals surface area contributed by atoms with Gasteiger partial charge in [0.2, 0.25) is 5.90 Å². The van der Waals surface area contributed by atoms with E-state index in [0.717, 1.165) is 42.4 Å². The zero-order chi connectivity index (χ0) is 24.9. The molecule has 0 spiro atoms. The predicted octanol–water partition coefficient (Wildman–Crippen LogP) is 5.87. The Hall–Kier alpha value is -3.25. The van der Waals surface area contributed by atoms with Crippen LogP contribution < -0.4 is 11.2 Å². The highest BCUT2D eigenvalue weighted by molar-refractivity contribution is 6.51. The topological polar surface area (TPSA) is 107 Å². The second-order valence-electron chi connectivity index (χ2n) is 6.70. The van der Waals surface area contributed by atoms with E-state index in [0.29, 0.717) is 12.5 Å². The maximum absolute atomic E-state index is 8.36. The Balaban J connectivity index is 0.00000242. The molecule has 0 fully saturated rings. The van der Waals surface area contributed by atoms with Crippen LogP contribution in [0.2, 0.25) is 0 Å². The van der Waals surface area contributed by atoms with E-state index in [4.69, 9.17) is 15.6 Å². The van der Waals surface area contributed by atoms with Crippen LogP contribution in [0.3, 0.4) is 0 Å². The minimum atomic E-state index is 0.239. The first-order valence-electron chi connectivity index (χ1n) is 11.5. The number of hydrogen-bond acceptors (Lipinski definition) is 6. The van der Waals surface area contributed by atoms with Crippen LogP contribution in [0, 0.1) is 10.8 Å². The quantitative estimate of drug-likeness (QED) is 0.149. The molecule has 0 aliphatic heterocycles. The van der Waals surface area contributed by atoms with Gasteiger partial charge in [0.15, 0.2) is 0 Å². The second-order valence-corrected chi connectivity index (χ2v) is 6.70. The Labute approximate surface area is 200 Å². The Kier molecular flexibility index (Phi) is 17.5. The number of nitrogens with zero attached hydrogens (tertiary/aromatic N) is 1. The molecule has 5 N–H and O–H groups in total. The normalized spacial score (nSPS) is 10.4. The lowest BCUT2D eigenvalue weighted by atomic mass is 9.98. The zero-order valence-corrected chi connectivity index (χ0v) is 20.8. The summed E-state index contributed by atoms with van der Waals surface area (Å²) in [6.07, 6.45) is 8.49. The van der Waals surface area contributed by atoms with Gasteiger partial charge in [-0.1, -0.05) is 74.5 Å². The van der Waals surface area contributed by atoms with Crippen LogP contribution in [-0.2, 0) is 4.74 Å². The lowest BCUT2D eigenvalue weighted by molar-refractivity contribution is 0.288. The average molecular weight is 452 g/mol. The van der Waals surface area contributed by atoms with Gasteiger partial charge in [0.1, 0.15) is 0 Å². The van der Waals surface area contributed by atoms with Crippen molar-refractivity contribution in [3.05, 3.63) is 77.4 Å². The molecule has 0 saturated carbocycles. The molecular weight excluding hydrogens is 410 g/mol. The first-order chi connectivity index (χ1) is 16.1. The monoisotopic (exact) mass is 451 g/mol. The Morgan fingerprint density at radius 2 is 1.58 bits per heavy atom. The van der Waals surface area contributed by atoms with Crippen molar-refractivity contribution in [3.8, 4) is 0 Å². The van der Waals surface area contributed by atoms with E-state index in [2.05, 4.69) is 28.4 Å². The molecule has 0 unspecified atom stereocenters. The molecule has 0 saturated heterocycles. The minimum absolute atomic E-state index is 0.239. The number of benzene rings is 2. The van der Waals surface area contributed by atoms with E-state index in [1.165, 1.54) is 7.05 Å². The molecule has 0 bridgehead atoms. The molecule has 6 nitrogen and oxygen atoms in total. The van der Waals surface area contributed by atoms with Crippen LogP contribution in [0.1, 0.15) is 63.1 Å². The Bertz CT molecular complexity index is 860. The molecule has 0 amide bonds. The fourth-order valence-electron chi connectivity index (χ4n) is 2.86. The van der Waals surface area contributed by atoms with E-state index in [9.17, 15) is 0 Å². The van der Waals surface area contributed by atoms with Gasteiger partial charge in [-0.3, -0.25) is 10.8 Å². The van der Waals surface area contributed by atoms with Gasteiger partial charge in [0.25, 0.3) is 0 Å². The number of hydrogen-bond donors (Lipinski definition) is 4. The molecule has 2 aromatic carbocycles. The molecule has 0 heterocycles. The van der Waals surface area contributed by atoms with Gasteiger partial charge in [0.05, 0.1) is 18.0 Å². The van der Waals surface area contributed by atoms with Gasteiger partial charge in [-0.2, -0.15) is 0 Å². The van der Waals surface area contributed by atoms with Gasteiger partial charge in [-0.15, -0.1) is 5.10 Å². The number of allylic oxidation sites excluding steroid dienone is 1. The van der Waals surface area contributed by atoms with Gasteiger partial charge >= 0.3 is 0 Å². The molecular formula is C27H41N5O. The van der Waals surface area contributed by atoms with Gasteiger partial charge in [-0.25, -0.2) is 0 Å². The molecule has 0 aromatic heterocycles. The summed E-state index contributed by atoms with van der Waals surface area (Å²) in [7, 11) is 3.26. The number of rotatable bonds is 11. The largest absolute Gasteiger partial charge is 0.480 e. The fraction of sp³-hybridized carbons (Fsp3) is 0.370. The molecule has 0 aliphatic rings. The van der Waals surface area contributed by atoms with Crippen molar-refractivity contribution < 1.29 is 4.74 Å². The predicted molar refractivity (Wildman–Crippen MR) is 144 cm³/mol. The highest BCUT2D eigenvalue weighted by atomic mass is 16.5. The van der Waals surface area contributed by atoms with Gasteiger partial charge < -0.3 is 15.9 Å². The third-order valence-corrected chi connectivity index (χ3v) is 4.39. The lowest BCUT2D eigenvalue weighted by Gasteiger charge is -2.07. The fourth-order valence-corrected chi connectivity index (χ4v) is 2.86. The number of unbranched alkanes of at least 4 members (excludes halogenated alkanes) is 3. The molecule has 0 radical (unpaired) electrons. The molecule has 33 heavy (non-hydrogen) atoms. The number of ether oxygens (including phenoxy) is 1. The van der Waals surface area contributed by atoms with E-state index < -0.39 is 0 Å². The molecule has 2 rings (SSSR count). The van der Waals surface area contributed by atoms with Crippen LogP contribution in [-0.4, -0.2) is 38.0 Å². The third kappa shape index (κ3) is 12.4. The summed E-state index contributed by atoms with van der Waals surface area (Å²) in [5, 5.41) is 20.6. The summed E-state index contributed by atoms with van der Waals surface area (Å²) in [4.78, 5) is 0. The standard InChI is InChI=1S/C24H30N4O.C2H6.CH5N/c1-19(28-27-2)29-17-10-5-3-4-7-12-20-13-11-16-22(18-20)24(26)23(25)21-14-8-6-9-15-21;2*1-2/h6-9,11-16,18,25-27H,3-5,10,17H2,1-2H3;1-2H3;2H2,1H3/b12-7+,25-23?,26-24?,28-19-;;. The lowest BCUT2D eigenvalue weighted by Crippen LogP contribution is -2.14. The first-order valence-corrected chi connectivity index (χ1v) is 11.5. The molecule has 180 valence electrons. The van der Waals surface area contributed by atoms with Crippen molar-refractivity contribution in [2.75, 3.05) is 20.7 Å². The van der Waals surface area contributed by atoms with Crippen molar-refractivity contribution in [1.82, 2.24) is 5.43 Å². The molecule has 0 atom stereocenters. The summed E-state index contributed by atoms with van der Waals surface area (Å²) >= 11 is 0. The summed E-state index contributed by atoms with van der Waals surface area (Å²) in [5.74, 6) is 0.665. The Morgan fingerprint density at radius 1 is 0.939 bits per heavy atom. The van der Waals surface area contributed by atoms with Crippen molar-refractivity contribution in [3.63, 3.8) is 0 Å².